The van der Waals surface area contributed by atoms with Gasteiger partial charge in [0.25, 0.3) is 0 Å². The molecule has 1 aromatic heterocycles. The second-order valence-corrected chi connectivity index (χ2v) is 5.63. The Labute approximate surface area is 102 Å². The first-order valence-corrected chi connectivity index (χ1v) is 6.97. The molecule has 4 heteroatoms. The molecule has 2 N–H and O–H groups in total. The summed E-state index contributed by atoms with van der Waals surface area (Å²) >= 11 is 1.82. The van der Waals surface area contributed by atoms with Gasteiger partial charge >= 0.3 is 0 Å². The minimum atomic E-state index is 0.517. The van der Waals surface area contributed by atoms with Crippen LogP contribution in [0.5, 0.6) is 0 Å². The lowest BCUT2D eigenvalue weighted by Crippen LogP contribution is -2.23. The molecule has 3 nitrogen and oxygen atoms in total. The lowest BCUT2D eigenvalue weighted by atomic mass is 10.1. The fourth-order valence-corrected chi connectivity index (χ4v) is 3.01. The number of aromatic nitrogens is 1. The van der Waals surface area contributed by atoms with Crippen molar-refractivity contribution in [3.8, 4) is 0 Å². The van der Waals surface area contributed by atoms with Crippen LogP contribution >= 0.6 is 11.3 Å². The highest BCUT2D eigenvalue weighted by Gasteiger charge is 2.16. The van der Waals surface area contributed by atoms with Gasteiger partial charge in [-0.15, -0.1) is 11.3 Å². The minimum absolute atomic E-state index is 0.517. The Kier molecular flexibility index (Phi) is 4.32. The maximum atomic E-state index is 4.71. The molecule has 1 aliphatic rings. The van der Waals surface area contributed by atoms with Gasteiger partial charge in [-0.2, -0.15) is 0 Å². The van der Waals surface area contributed by atoms with Crippen LogP contribution in [-0.2, 0) is 12.8 Å². The van der Waals surface area contributed by atoms with E-state index in [4.69, 9.17) is 4.98 Å². The van der Waals surface area contributed by atoms with Crippen LogP contribution in [0.15, 0.2) is 5.38 Å². The normalized spacial score (nSPS) is 22.5. The molecule has 2 atom stereocenters. The van der Waals surface area contributed by atoms with Crippen LogP contribution in [-0.4, -0.2) is 31.2 Å². The molecule has 2 rings (SSSR count). The molecule has 0 spiro atoms. The molecule has 0 saturated carbocycles. The Bertz CT molecular complexity index is 318. The second-order valence-electron chi connectivity index (χ2n) is 4.69. The van der Waals surface area contributed by atoms with E-state index in [1.165, 1.54) is 30.2 Å². The van der Waals surface area contributed by atoms with Crippen LogP contribution in [0.1, 0.15) is 24.0 Å². The number of nitrogens with zero attached hydrogens (tertiary/aromatic N) is 1. The number of nitrogens with one attached hydrogen (secondary N) is 2. The molecule has 90 valence electrons. The van der Waals surface area contributed by atoms with E-state index in [2.05, 4.69) is 22.9 Å². The van der Waals surface area contributed by atoms with E-state index in [9.17, 15) is 0 Å². The SMILES string of the molecule is CNC(C)Cc1csc(CC2CCNC2)n1. The summed E-state index contributed by atoms with van der Waals surface area (Å²) in [5.41, 5.74) is 1.24. The van der Waals surface area contributed by atoms with Crippen molar-refractivity contribution >= 4 is 11.3 Å². The van der Waals surface area contributed by atoms with Crippen LogP contribution in [0.3, 0.4) is 0 Å². The smallest absolute Gasteiger partial charge is 0.0931 e. The molecule has 0 bridgehead atoms. The molecule has 2 heterocycles. The van der Waals surface area contributed by atoms with Gasteiger partial charge < -0.3 is 10.6 Å². The molecule has 1 saturated heterocycles. The zero-order chi connectivity index (χ0) is 11.4. The Morgan fingerprint density at radius 1 is 1.69 bits per heavy atom. The van der Waals surface area contributed by atoms with Crippen molar-refractivity contribution in [3.63, 3.8) is 0 Å². The fraction of sp³-hybridized carbons (Fsp3) is 0.750. The summed E-state index contributed by atoms with van der Waals surface area (Å²) in [5, 5.41) is 10.2. The lowest BCUT2D eigenvalue weighted by molar-refractivity contribution is 0.573. The molecule has 2 unspecified atom stereocenters. The first kappa shape index (κ1) is 12.0. The molecule has 1 aliphatic heterocycles. The molecule has 0 amide bonds. The van der Waals surface area contributed by atoms with Gasteiger partial charge in [0.1, 0.15) is 0 Å². The van der Waals surface area contributed by atoms with Crippen molar-refractivity contribution in [2.75, 3.05) is 20.1 Å². The molecule has 16 heavy (non-hydrogen) atoms. The first-order chi connectivity index (χ1) is 7.78. The Balaban J connectivity index is 1.86. The van der Waals surface area contributed by atoms with Gasteiger partial charge in [0.15, 0.2) is 0 Å². The van der Waals surface area contributed by atoms with Crippen LogP contribution < -0.4 is 10.6 Å². The van der Waals surface area contributed by atoms with Crippen LogP contribution in [0, 0.1) is 5.92 Å². The van der Waals surface area contributed by atoms with Gasteiger partial charge in [0.2, 0.25) is 0 Å². The van der Waals surface area contributed by atoms with Crippen LogP contribution in [0.4, 0.5) is 0 Å². The van der Waals surface area contributed by atoms with Gasteiger partial charge in [-0.25, -0.2) is 4.98 Å². The molecular weight excluding hydrogens is 218 g/mol. The molecule has 0 radical (unpaired) electrons. The number of rotatable bonds is 5. The van der Waals surface area contributed by atoms with Crippen molar-refractivity contribution in [3.05, 3.63) is 16.1 Å². The van der Waals surface area contributed by atoms with Crippen molar-refractivity contribution in [1.82, 2.24) is 15.6 Å². The topological polar surface area (TPSA) is 37.0 Å². The van der Waals surface area contributed by atoms with Crippen molar-refractivity contribution in [2.24, 2.45) is 5.92 Å². The van der Waals surface area contributed by atoms with E-state index in [0.717, 1.165) is 18.8 Å². The van der Waals surface area contributed by atoms with E-state index in [0.29, 0.717) is 6.04 Å². The van der Waals surface area contributed by atoms with Crippen molar-refractivity contribution in [1.29, 1.82) is 0 Å². The zero-order valence-corrected chi connectivity index (χ0v) is 10.9. The third-order valence-electron chi connectivity index (χ3n) is 3.23. The highest BCUT2D eigenvalue weighted by Crippen LogP contribution is 2.19. The predicted molar refractivity (Wildman–Crippen MR) is 69.0 cm³/mol. The Hall–Kier alpha value is -0.450. The quantitative estimate of drug-likeness (QED) is 0.816. The average Bonchev–Trinajstić information content (AvgIpc) is 2.91. The van der Waals surface area contributed by atoms with Gasteiger partial charge in [-0.1, -0.05) is 0 Å². The maximum absolute atomic E-state index is 4.71. The predicted octanol–water partition coefficient (Wildman–Crippen LogP) is 1.45. The van der Waals surface area contributed by atoms with Gasteiger partial charge in [-0.3, -0.25) is 0 Å². The van der Waals surface area contributed by atoms with Crippen molar-refractivity contribution < 1.29 is 0 Å². The summed E-state index contributed by atoms with van der Waals surface area (Å²) in [6.45, 7) is 4.54. The van der Waals surface area contributed by atoms with E-state index in [1.54, 1.807) is 0 Å². The summed E-state index contributed by atoms with van der Waals surface area (Å²) in [4.78, 5) is 4.71. The van der Waals surface area contributed by atoms with E-state index >= 15 is 0 Å². The summed E-state index contributed by atoms with van der Waals surface area (Å²) < 4.78 is 0. The largest absolute Gasteiger partial charge is 0.317 e. The van der Waals surface area contributed by atoms with Gasteiger partial charge in [0, 0.05) is 24.3 Å². The van der Waals surface area contributed by atoms with Gasteiger partial charge in [-0.05, 0) is 39.4 Å². The van der Waals surface area contributed by atoms with E-state index in [-0.39, 0.29) is 0 Å². The molecule has 0 aliphatic carbocycles. The Morgan fingerprint density at radius 3 is 3.25 bits per heavy atom. The molecule has 1 aromatic rings. The molecule has 1 fully saturated rings. The summed E-state index contributed by atoms with van der Waals surface area (Å²) in [6, 6.07) is 0.517. The van der Waals surface area contributed by atoms with E-state index in [1.807, 2.05) is 18.4 Å². The van der Waals surface area contributed by atoms with Crippen LogP contribution in [0.2, 0.25) is 0 Å². The highest BCUT2D eigenvalue weighted by molar-refractivity contribution is 7.09. The standard InChI is InChI=1S/C12H21N3S/c1-9(13-2)5-11-8-16-12(15-11)6-10-3-4-14-7-10/h8-10,13-14H,3-7H2,1-2H3. The lowest BCUT2D eigenvalue weighted by Gasteiger charge is -2.07. The summed E-state index contributed by atoms with van der Waals surface area (Å²) in [6.07, 6.45) is 3.50. The molecule has 0 aromatic carbocycles. The Morgan fingerprint density at radius 2 is 2.56 bits per heavy atom. The monoisotopic (exact) mass is 239 g/mol. The average molecular weight is 239 g/mol. The van der Waals surface area contributed by atoms with Gasteiger partial charge in [0.05, 0.1) is 10.7 Å². The summed E-state index contributed by atoms with van der Waals surface area (Å²) in [5.74, 6) is 0.806. The number of thiazole rings is 1. The highest BCUT2D eigenvalue weighted by atomic mass is 32.1. The zero-order valence-electron chi connectivity index (χ0n) is 10.1. The van der Waals surface area contributed by atoms with E-state index < -0.39 is 0 Å². The molecular formula is C12H21N3S. The third-order valence-corrected chi connectivity index (χ3v) is 4.15. The fourth-order valence-electron chi connectivity index (χ4n) is 2.09. The number of likely N-dealkylation sites (N-methyl/N-ethyl adjacent to an activating group) is 1. The minimum Gasteiger partial charge on any atom is -0.317 e. The second kappa shape index (κ2) is 5.75. The number of hydrogen-bond donors (Lipinski definition) is 2. The number of hydrogen-bond acceptors (Lipinski definition) is 4. The van der Waals surface area contributed by atoms with Crippen molar-refractivity contribution in [2.45, 2.75) is 32.2 Å². The van der Waals surface area contributed by atoms with Crippen LogP contribution in [0.25, 0.3) is 0 Å². The first-order valence-electron chi connectivity index (χ1n) is 6.09. The summed E-state index contributed by atoms with van der Waals surface area (Å²) in [7, 11) is 2.00. The third kappa shape index (κ3) is 3.27. The maximum Gasteiger partial charge on any atom is 0.0931 e.